The first-order valence-electron chi connectivity index (χ1n) is 6.42. The van der Waals surface area contributed by atoms with E-state index in [1.165, 1.54) is 38.8 Å². The van der Waals surface area contributed by atoms with Crippen molar-refractivity contribution in [3.8, 4) is 0 Å². The van der Waals surface area contributed by atoms with Crippen molar-refractivity contribution >= 4 is 0 Å². The third-order valence-electron chi connectivity index (χ3n) is 3.65. The fraction of sp³-hybridized carbons (Fsp3) is 0.846. The molecular weight excluding hydrogens is 184 g/mol. The van der Waals surface area contributed by atoms with Crippen molar-refractivity contribution in [1.29, 1.82) is 0 Å². The van der Waals surface area contributed by atoms with E-state index in [1.807, 2.05) is 0 Å². The van der Waals surface area contributed by atoms with E-state index < -0.39 is 0 Å². The summed E-state index contributed by atoms with van der Waals surface area (Å²) in [6.07, 6.45) is 9.98. The number of allylic oxidation sites excluding steroid dienone is 1. The van der Waals surface area contributed by atoms with E-state index >= 15 is 0 Å². The Hall–Kier alpha value is -0.340. The quantitative estimate of drug-likeness (QED) is 0.715. The van der Waals surface area contributed by atoms with Gasteiger partial charge in [0, 0.05) is 24.7 Å². The van der Waals surface area contributed by atoms with Crippen molar-refractivity contribution < 1.29 is 0 Å². The standard InChI is InChI=1S/C13H24N2/c1-11(2)15-9-8-13(10-15)14-12-6-4-3-5-7-12/h4,6,11-14H,3,5,7-10H2,1-2H3. The van der Waals surface area contributed by atoms with Crippen LogP contribution in [0, 0.1) is 0 Å². The van der Waals surface area contributed by atoms with Crippen molar-refractivity contribution in [2.45, 2.75) is 57.7 Å². The average Bonchev–Trinajstić information content (AvgIpc) is 2.68. The van der Waals surface area contributed by atoms with Crippen LogP contribution in [0.5, 0.6) is 0 Å². The van der Waals surface area contributed by atoms with E-state index in [0.29, 0.717) is 12.1 Å². The smallest absolute Gasteiger partial charge is 0.0253 e. The maximum Gasteiger partial charge on any atom is 0.0253 e. The van der Waals surface area contributed by atoms with Crippen LogP contribution in [-0.4, -0.2) is 36.1 Å². The summed E-state index contributed by atoms with van der Waals surface area (Å²) >= 11 is 0. The van der Waals surface area contributed by atoms with Crippen LogP contribution in [0.3, 0.4) is 0 Å². The van der Waals surface area contributed by atoms with Crippen molar-refractivity contribution in [2.75, 3.05) is 13.1 Å². The molecule has 86 valence electrons. The highest BCUT2D eigenvalue weighted by Gasteiger charge is 2.25. The van der Waals surface area contributed by atoms with Crippen molar-refractivity contribution in [3.63, 3.8) is 0 Å². The molecule has 2 atom stereocenters. The SMILES string of the molecule is CC(C)N1CCC(NC2C=CCCC2)C1. The van der Waals surface area contributed by atoms with Gasteiger partial charge in [-0.2, -0.15) is 0 Å². The Morgan fingerprint density at radius 1 is 1.33 bits per heavy atom. The van der Waals surface area contributed by atoms with Crippen LogP contribution in [0.15, 0.2) is 12.2 Å². The van der Waals surface area contributed by atoms with Crippen LogP contribution >= 0.6 is 0 Å². The lowest BCUT2D eigenvalue weighted by atomic mass is 10.0. The van der Waals surface area contributed by atoms with E-state index in [2.05, 4.69) is 36.2 Å². The normalized spacial score (nSPS) is 32.7. The molecular formula is C13H24N2. The molecule has 0 aromatic rings. The Labute approximate surface area is 93.7 Å². The first-order valence-corrected chi connectivity index (χ1v) is 6.42. The zero-order valence-corrected chi connectivity index (χ0v) is 10.1. The molecule has 0 saturated carbocycles. The number of nitrogens with one attached hydrogen (secondary N) is 1. The van der Waals surface area contributed by atoms with Gasteiger partial charge in [0.15, 0.2) is 0 Å². The fourth-order valence-electron chi connectivity index (χ4n) is 2.65. The molecule has 15 heavy (non-hydrogen) atoms. The Bertz CT molecular complexity index is 223. The van der Waals surface area contributed by atoms with Crippen molar-refractivity contribution in [3.05, 3.63) is 12.2 Å². The molecule has 0 radical (unpaired) electrons. The molecule has 0 amide bonds. The minimum absolute atomic E-state index is 0.649. The largest absolute Gasteiger partial charge is 0.306 e. The van der Waals surface area contributed by atoms with Crippen molar-refractivity contribution in [2.24, 2.45) is 0 Å². The Morgan fingerprint density at radius 2 is 2.20 bits per heavy atom. The minimum atomic E-state index is 0.649. The lowest BCUT2D eigenvalue weighted by Crippen LogP contribution is -2.40. The fourth-order valence-corrected chi connectivity index (χ4v) is 2.65. The Morgan fingerprint density at radius 3 is 2.80 bits per heavy atom. The summed E-state index contributed by atoms with van der Waals surface area (Å²) in [5.41, 5.74) is 0. The summed E-state index contributed by atoms with van der Waals surface area (Å²) in [6, 6.07) is 2.08. The van der Waals surface area contributed by atoms with E-state index in [9.17, 15) is 0 Å². The second-order valence-corrected chi connectivity index (χ2v) is 5.21. The lowest BCUT2D eigenvalue weighted by Gasteiger charge is -2.24. The molecule has 1 aliphatic heterocycles. The molecule has 2 unspecified atom stereocenters. The number of rotatable bonds is 3. The van der Waals surface area contributed by atoms with Gasteiger partial charge in [0.2, 0.25) is 0 Å². The molecule has 1 saturated heterocycles. The number of nitrogens with zero attached hydrogens (tertiary/aromatic N) is 1. The van der Waals surface area contributed by atoms with E-state index in [4.69, 9.17) is 0 Å². The Balaban J connectivity index is 1.76. The van der Waals surface area contributed by atoms with Crippen LogP contribution in [-0.2, 0) is 0 Å². The zero-order chi connectivity index (χ0) is 10.7. The molecule has 2 aliphatic rings. The van der Waals surface area contributed by atoms with Gasteiger partial charge in [-0.1, -0.05) is 12.2 Å². The maximum atomic E-state index is 3.77. The average molecular weight is 208 g/mol. The second-order valence-electron chi connectivity index (χ2n) is 5.21. The number of likely N-dealkylation sites (tertiary alicyclic amines) is 1. The van der Waals surface area contributed by atoms with Gasteiger partial charge in [-0.05, 0) is 46.1 Å². The van der Waals surface area contributed by atoms with Gasteiger partial charge >= 0.3 is 0 Å². The molecule has 0 aromatic heterocycles. The van der Waals surface area contributed by atoms with Crippen molar-refractivity contribution in [1.82, 2.24) is 10.2 Å². The topological polar surface area (TPSA) is 15.3 Å². The monoisotopic (exact) mass is 208 g/mol. The van der Waals surface area contributed by atoms with Gasteiger partial charge in [0.25, 0.3) is 0 Å². The van der Waals surface area contributed by atoms with E-state index in [0.717, 1.165) is 6.04 Å². The summed E-state index contributed by atoms with van der Waals surface area (Å²) in [7, 11) is 0. The molecule has 2 nitrogen and oxygen atoms in total. The van der Waals surface area contributed by atoms with Crippen LogP contribution in [0.1, 0.15) is 39.5 Å². The molecule has 0 spiro atoms. The number of hydrogen-bond acceptors (Lipinski definition) is 2. The minimum Gasteiger partial charge on any atom is -0.306 e. The van der Waals surface area contributed by atoms with E-state index in [1.54, 1.807) is 0 Å². The van der Waals surface area contributed by atoms with Crippen LogP contribution in [0.2, 0.25) is 0 Å². The second kappa shape index (κ2) is 5.13. The summed E-state index contributed by atoms with van der Waals surface area (Å²) in [5.74, 6) is 0. The van der Waals surface area contributed by atoms with Crippen LogP contribution < -0.4 is 5.32 Å². The first kappa shape index (κ1) is 11.2. The van der Waals surface area contributed by atoms with Gasteiger partial charge in [-0.15, -0.1) is 0 Å². The molecule has 1 N–H and O–H groups in total. The summed E-state index contributed by atoms with van der Waals surface area (Å²) in [4.78, 5) is 2.57. The van der Waals surface area contributed by atoms with E-state index in [-0.39, 0.29) is 0 Å². The molecule has 1 heterocycles. The van der Waals surface area contributed by atoms with Gasteiger partial charge in [0.05, 0.1) is 0 Å². The summed E-state index contributed by atoms with van der Waals surface area (Å²) < 4.78 is 0. The highest BCUT2D eigenvalue weighted by atomic mass is 15.2. The summed E-state index contributed by atoms with van der Waals surface area (Å²) in [5, 5.41) is 3.77. The third-order valence-corrected chi connectivity index (χ3v) is 3.65. The molecule has 0 aromatic carbocycles. The lowest BCUT2D eigenvalue weighted by molar-refractivity contribution is 0.266. The number of hydrogen-bond donors (Lipinski definition) is 1. The molecule has 2 rings (SSSR count). The highest BCUT2D eigenvalue weighted by molar-refractivity contribution is 4.99. The van der Waals surface area contributed by atoms with Crippen LogP contribution in [0.25, 0.3) is 0 Å². The first-order chi connectivity index (χ1) is 7.25. The Kier molecular flexibility index (Phi) is 3.81. The summed E-state index contributed by atoms with van der Waals surface area (Å²) in [6.45, 7) is 7.10. The van der Waals surface area contributed by atoms with Gasteiger partial charge in [-0.3, -0.25) is 4.90 Å². The van der Waals surface area contributed by atoms with Gasteiger partial charge in [0.1, 0.15) is 0 Å². The molecule has 0 bridgehead atoms. The molecule has 1 aliphatic carbocycles. The third kappa shape index (κ3) is 3.05. The molecule has 2 heteroatoms. The van der Waals surface area contributed by atoms with Gasteiger partial charge < -0.3 is 5.32 Å². The van der Waals surface area contributed by atoms with Gasteiger partial charge in [-0.25, -0.2) is 0 Å². The van der Waals surface area contributed by atoms with Crippen LogP contribution in [0.4, 0.5) is 0 Å². The molecule has 1 fully saturated rings. The highest BCUT2D eigenvalue weighted by Crippen LogP contribution is 2.16. The predicted octanol–water partition coefficient (Wildman–Crippen LogP) is 2.17. The zero-order valence-electron chi connectivity index (χ0n) is 10.1. The predicted molar refractivity (Wildman–Crippen MR) is 65.0 cm³/mol. The maximum absolute atomic E-state index is 3.77.